The van der Waals surface area contributed by atoms with Crippen molar-refractivity contribution in [3.63, 3.8) is 0 Å². The van der Waals surface area contributed by atoms with Crippen molar-refractivity contribution in [3.05, 3.63) is 58.0 Å². The Balaban J connectivity index is 2.33. The Morgan fingerprint density at radius 2 is 2.00 bits per heavy atom. The number of rotatable bonds is 3. The molecule has 0 aliphatic heterocycles. The molecule has 6 heteroatoms. The van der Waals surface area contributed by atoms with Crippen LogP contribution in [0.5, 0.6) is 0 Å². The Bertz CT molecular complexity index is 552. The first-order valence-electron chi connectivity index (χ1n) is 5.51. The maximum atomic E-state index is 13.0. The molecule has 0 aliphatic rings. The lowest BCUT2D eigenvalue weighted by Crippen LogP contribution is -2.19. The minimum atomic E-state index is -4.42. The van der Waals surface area contributed by atoms with Crippen LogP contribution in [0.1, 0.15) is 22.7 Å². The standard InChI is InChI=1S/C13H11BrF3NO/c14-9-1-2-10(11(6-9)13(15,16)17)12(18)5-8-3-4-19-7-8/h1-4,6-7,12H,5,18H2. The van der Waals surface area contributed by atoms with E-state index in [1.165, 1.54) is 18.6 Å². The summed E-state index contributed by atoms with van der Waals surface area (Å²) in [7, 11) is 0. The number of alkyl halides is 3. The number of furan rings is 1. The molecule has 0 saturated heterocycles. The van der Waals surface area contributed by atoms with Crippen molar-refractivity contribution in [2.24, 2.45) is 5.73 Å². The minimum Gasteiger partial charge on any atom is -0.472 e. The van der Waals surface area contributed by atoms with E-state index in [0.29, 0.717) is 10.9 Å². The Hall–Kier alpha value is -1.27. The third kappa shape index (κ3) is 3.39. The third-order valence-electron chi connectivity index (χ3n) is 2.76. The summed E-state index contributed by atoms with van der Waals surface area (Å²) in [5.41, 5.74) is 6.01. The van der Waals surface area contributed by atoms with E-state index < -0.39 is 17.8 Å². The van der Waals surface area contributed by atoms with E-state index >= 15 is 0 Å². The molecule has 0 amide bonds. The van der Waals surface area contributed by atoms with Gasteiger partial charge in [-0.3, -0.25) is 0 Å². The second kappa shape index (κ2) is 5.38. The zero-order valence-corrected chi connectivity index (χ0v) is 11.3. The summed E-state index contributed by atoms with van der Waals surface area (Å²) in [6.45, 7) is 0. The van der Waals surface area contributed by atoms with Crippen LogP contribution in [0.2, 0.25) is 0 Å². The normalized spacial score (nSPS) is 13.5. The maximum Gasteiger partial charge on any atom is 0.416 e. The van der Waals surface area contributed by atoms with Crippen molar-refractivity contribution < 1.29 is 17.6 Å². The molecule has 0 aliphatic carbocycles. The highest BCUT2D eigenvalue weighted by atomic mass is 79.9. The van der Waals surface area contributed by atoms with Crippen LogP contribution >= 0.6 is 15.9 Å². The molecule has 1 aromatic carbocycles. The summed E-state index contributed by atoms with van der Waals surface area (Å²) in [6.07, 6.45) is -1.19. The number of hydrogen-bond acceptors (Lipinski definition) is 2. The number of halogens is 4. The van der Waals surface area contributed by atoms with Gasteiger partial charge in [-0.1, -0.05) is 22.0 Å². The van der Waals surface area contributed by atoms with Gasteiger partial charge in [-0.2, -0.15) is 13.2 Å². The van der Waals surface area contributed by atoms with Crippen molar-refractivity contribution >= 4 is 15.9 Å². The van der Waals surface area contributed by atoms with E-state index in [1.54, 1.807) is 12.1 Å². The fraction of sp³-hybridized carbons (Fsp3) is 0.231. The number of nitrogens with two attached hydrogens (primary N) is 1. The minimum absolute atomic E-state index is 0.0805. The second-order valence-corrected chi connectivity index (χ2v) is 5.09. The molecular weight excluding hydrogens is 323 g/mol. The van der Waals surface area contributed by atoms with Gasteiger partial charge in [0.2, 0.25) is 0 Å². The third-order valence-corrected chi connectivity index (χ3v) is 3.25. The highest BCUT2D eigenvalue weighted by Crippen LogP contribution is 2.36. The molecule has 0 radical (unpaired) electrons. The van der Waals surface area contributed by atoms with Crippen molar-refractivity contribution in [2.75, 3.05) is 0 Å². The van der Waals surface area contributed by atoms with Gasteiger partial charge in [-0.15, -0.1) is 0 Å². The summed E-state index contributed by atoms with van der Waals surface area (Å²) in [5, 5.41) is 0. The van der Waals surface area contributed by atoms with Crippen LogP contribution in [0.25, 0.3) is 0 Å². The van der Waals surface area contributed by atoms with E-state index in [0.717, 1.165) is 11.6 Å². The zero-order chi connectivity index (χ0) is 14.0. The first-order chi connectivity index (χ1) is 8.88. The molecule has 0 fully saturated rings. The average molecular weight is 334 g/mol. The van der Waals surface area contributed by atoms with Crippen LogP contribution < -0.4 is 5.73 Å². The molecule has 1 unspecified atom stereocenters. The number of hydrogen-bond donors (Lipinski definition) is 1. The lowest BCUT2D eigenvalue weighted by molar-refractivity contribution is -0.138. The van der Waals surface area contributed by atoms with Gasteiger partial charge in [-0.25, -0.2) is 0 Å². The fourth-order valence-corrected chi connectivity index (χ4v) is 2.23. The van der Waals surface area contributed by atoms with Crippen LogP contribution in [0.3, 0.4) is 0 Å². The zero-order valence-electron chi connectivity index (χ0n) is 9.75. The van der Waals surface area contributed by atoms with Crippen LogP contribution in [0.15, 0.2) is 45.7 Å². The molecule has 2 aromatic rings. The first-order valence-corrected chi connectivity index (χ1v) is 6.30. The van der Waals surface area contributed by atoms with Gasteiger partial charge in [0.15, 0.2) is 0 Å². The summed E-state index contributed by atoms with van der Waals surface area (Å²) in [4.78, 5) is 0. The molecule has 0 saturated carbocycles. The quantitative estimate of drug-likeness (QED) is 0.909. The Kier molecular flexibility index (Phi) is 4.01. The number of benzene rings is 1. The molecule has 2 N–H and O–H groups in total. The molecule has 2 rings (SSSR count). The second-order valence-electron chi connectivity index (χ2n) is 4.17. The molecular formula is C13H11BrF3NO. The van der Waals surface area contributed by atoms with Crippen LogP contribution in [0, 0.1) is 0 Å². The smallest absolute Gasteiger partial charge is 0.416 e. The predicted octanol–water partition coefficient (Wildman–Crippen LogP) is 4.30. The van der Waals surface area contributed by atoms with Crippen LogP contribution in [0.4, 0.5) is 13.2 Å². The Morgan fingerprint density at radius 1 is 1.26 bits per heavy atom. The van der Waals surface area contributed by atoms with Crippen molar-refractivity contribution in [2.45, 2.75) is 18.6 Å². The molecule has 2 nitrogen and oxygen atoms in total. The predicted molar refractivity (Wildman–Crippen MR) is 68.5 cm³/mol. The van der Waals surface area contributed by atoms with Crippen molar-refractivity contribution in [3.8, 4) is 0 Å². The Morgan fingerprint density at radius 3 is 2.58 bits per heavy atom. The highest BCUT2D eigenvalue weighted by molar-refractivity contribution is 9.10. The van der Waals surface area contributed by atoms with Gasteiger partial charge in [-0.05, 0) is 35.7 Å². The molecule has 19 heavy (non-hydrogen) atoms. The van der Waals surface area contributed by atoms with Crippen LogP contribution in [-0.2, 0) is 12.6 Å². The lowest BCUT2D eigenvalue weighted by Gasteiger charge is -2.18. The summed E-state index contributed by atoms with van der Waals surface area (Å²) in [6, 6.07) is 4.95. The summed E-state index contributed by atoms with van der Waals surface area (Å²) >= 11 is 3.04. The molecule has 1 atom stereocenters. The first kappa shape index (κ1) is 14.1. The van der Waals surface area contributed by atoms with Crippen molar-refractivity contribution in [1.82, 2.24) is 0 Å². The van der Waals surface area contributed by atoms with Gasteiger partial charge in [0, 0.05) is 10.5 Å². The molecule has 0 bridgehead atoms. The van der Waals surface area contributed by atoms with E-state index in [9.17, 15) is 13.2 Å². The van der Waals surface area contributed by atoms with Gasteiger partial charge in [0.25, 0.3) is 0 Å². The largest absolute Gasteiger partial charge is 0.472 e. The Labute approximate surface area is 116 Å². The van der Waals surface area contributed by atoms with E-state index in [-0.39, 0.29) is 5.56 Å². The van der Waals surface area contributed by atoms with E-state index in [4.69, 9.17) is 10.2 Å². The lowest BCUT2D eigenvalue weighted by atomic mass is 9.96. The average Bonchev–Trinajstić information content (AvgIpc) is 2.80. The van der Waals surface area contributed by atoms with Gasteiger partial charge >= 0.3 is 6.18 Å². The highest BCUT2D eigenvalue weighted by Gasteiger charge is 2.34. The molecule has 1 aromatic heterocycles. The summed E-state index contributed by atoms with van der Waals surface area (Å²) < 4.78 is 44.2. The maximum absolute atomic E-state index is 13.0. The van der Waals surface area contributed by atoms with Crippen molar-refractivity contribution in [1.29, 1.82) is 0 Å². The molecule has 102 valence electrons. The molecule has 1 heterocycles. The topological polar surface area (TPSA) is 39.2 Å². The van der Waals surface area contributed by atoms with E-state index in [1.807, 2.05) is 0 Å². The monoisotopic (exact) mass is 333 g/mol. The van der Waals surface area contributed by atoms with Gasteiger partial charge in [0.05, 0.1) is 18.1 Å². The van der Waals surface area contributed by atoms with Crippen LogP contribution in [-0.4, -0.2) is 0 Å². The fourth-order valence-electron chi connectivity index (χ4n) is 1.87. The SMILES string of the molecule is NC(Cc1ccoc1)c1ccc(Br)cc1C(F)(F)F. The van der Waals surface area contributed by atoms with Gasteiger partial charge in [0.1, 0.15) is 0 Å². The van der Waals surface area contributed by atoms with Gasteiger partial charge < -0.3 is 10.2 Å². The summed E-state index contributed by atoms with van der Waals surface area (Å²) in [5.74, 6) is 0. The van der Waals surface area contributed by atoms with E-state index in [2.05, 4.69) is 15.9 Å². The molecule has 0 spiro atoms.